The largest absolute Gasteiger partial charge is 0.473 e. The number of hydrogen-bond acceptors (Lipinski definition) is 5. The highest BCUT2D eigenvalue weighted by molar-refractivity contribution is 7.89. The van der Waals surface area contributed by atoms with E-state index < -0.39 is 10.0 Å². The lowest BCUT2D eigenvalue weighted by Crippen LogP contribution is -2.26. The van der Waals surface area contributed by atoms with E-state index in [0.717, 1.165) is 24.0 Å². The van der Waals surface area contributed by atoms with Crippen molar-refractivity contribution in [2.75, 3.05) is 0 Å². The molecule has 7 nitrogen and oxygen atoms in total. The molecule has 4 rings (SSSR count). The van der Waals surface area contributed by atoms with Gasteiger partial charge in [-0.3, -0.25) is 4.79 Å². The number of carbonyl (C=O) groups is 1. The lowest BCUT2D eigenvalue weighted by atomic mass is 10.2. The smallest absolute Gasteiger partial charge is 0.251 e. The highest BCUT2D eigenvalue weighted by atomic mass is 32.2. The molecule has 0 atom stereocenters. The van der Waals surface area contributed by atoms with Gasteiger partial charge in [0.25, 0.3) is 5.91 Å². The molecular weight excluding hydrogens is 414 g/mol. The van der Waals surface area contributed by atoms with E-state index in [1.165, 1.54) is 24.3 Å². The highest BCUT2D eigenvalue weighted by Gasteiger charge is 2.27. The molecule has 0 aliphatic heterocycles. The van der Waals surface area contributed by atoms with Crippen molar-refractivity contribution in [1.82, 2.24) is 15.0 Å². The SMILES string of the molecule is O=C(NCc1ccnc(OCc2ccccc2)c1)c1ccc(S(=O)(=O)NC2CC2)cc1. The second kappa shape index (κ2) is 9.28. The average molecular weight is 438 g/mol. The lowest BCUT2D eigenvalue weighted by Gasteiger charge is -2.09. The van der Waals surface area contributed by atoms with Crippen molar-refractivity contribution in [3.8, 4) is 5.88 Å². The molecule has 1 amide bonds. The minimum Gasteiger partial charge on any atom is -0.473 e. The topological polar surface area (TPSA) is 97.4 Å². The summed E-state index contributed by atoms with van der Waals surface area (Å²) in [5.41, 5.74) is 2.28. The van der Waals surface area contributed by atoms with Crippen LogP contribution in [0.4, 0.5) is 0 Å². The number of pyridine rings is 1. The summed E-state index contributed by atoms with van der Waals surface area (Å²) < 4.78 is 32.8. The van der Waals surface area contributed by atoms with Crippen molar-refractivity contribution in [2.45, 2.75) is 36.9 Å². The first-order valence-corrected chi connectivity index (χ1v) is 11.5. The summed E-state index contributed by atoms with van der Waals surface area (Å²) in [5.74, 6) is 0.191. The molecule has 1 saturated carbocycles. The lowest BCUT2D eigenvalue weighted by molar-refractivity contribution is 0.0950. The van der Waals surface area contributed by atoms with E-state index in [4.69, 9.17) is 4.74 Å². The molecule has 1 heterocycles. The summed E-state index contributed by atoms with van der Waals surface area (Å²) in [4.78, 5) is 16.8. The molecule has 1 aromatic heterocycles. The van der Waals surface area contributed by atoms with Gasteiger partial charge < -0.3 is 10.1 Å². The Bertz CT molecular complexity index is 1140. The third-order valence-corrected chi connectivity index (χ3v) is 6.34. The first-order valence-electron chi connectivity index (χ1n) is 10.0. The van der Waals surface area contributed by atoms with Crippen LogP contribution < -0.4 is 14.8 Å². The maximum Gasteiger partial charge on any atom is 0.251 e. The standard InChI is InChI=1S/C23H23N3O4S/c27-23(19-6-10-21(11-7-19)31(28,29)26-20-8-9-20)25-15-18-12-13-24-22(14-18)30-16-17-4-2-1-3-5-17/h1-7,10-14,20,26H,8-9,15-16H2,(H,25,27). The van der Waals surface area contributed by atoms with E-state index in [0.29, 0.717) is 24.6 Å². The molecule has 0 spiro atoms. The molecule has 3 aromatic rings. The van der Waals surface area contributed by atoms with Crippen LogP contribution in [0.2, 0.25) is 0 Å². The van der Waals surface area contributed by atoms with E-state index >= 15 is 0 Å². The molecule has 1 aliphatic carbocycles. The molecule has 1 fully saturated rings. The third-order valence-electron chi connectivity index (χ3n) is 4.81. The molecule has 0 bridgehead atoms. The summed E-state index contributed by atoms with van der Waals surface area (Å²) >= 11 is 0. The van der Waals surface area contributed by atoms with E-state index in [1.807, 2.05) is 30.3 Å². The quantitative estimate of drug-likeness (QED) is 0.536. The number of sulfonamides is 1. The van der Waals surface area contributed by atoms with Crippen LogP contribution in [0, 0.1) is 0 Å². The van der Waals surface area contributed by atoms with Gasteiger partial charge in [-0.25, -0.2) is 18.1 Å². The molecule has 0 unspecified atom stereocenters. The number of carbonyl (C=O) groups excluding carboxylic acids is 1. The van der Waals surface area contributed by atoms with Gasteiger partial charge in [0.2, 0.25) is 15.9 Å². The number of benzene rings is 2. The Labute approximate surface area is 181 Å². The van der Waals surface area contributed by atoms with Crippen molar-refractivity contribution in [3.63, 3.8) is 0 Å². The third kappa shape index (κ3) is 5.90. The molecule has 0 saturated heterocycles. The number of rotatable bonds is 9. The van der Waals surface area contributed by atoms with Gasteiger partial charge in [-0.15, -0.1) is 0 Å². The van der Waals surface area contributed by atoms with E-state index in [9.17, 15) is 13.2 Å². The Hall–Kier alpha value is -3.23. The fourth-order valence-electron chi connectivity index (χ4n) is 2.93. The van der Waals surface area contributed by atoms with Gasteiger partial charge in [-0.05, 0) is 54.3 Å². The summed E-state index contributed by atoms with van der Waals surface area (Å²) in [5, 5.41) is 2.83. The molecule has 2 N–H and O–H groups in total. The Morgan fingerprint density at radius 1 is 1.00 bits per heavy atom. The van der Waals surface area contributed by atoms with Crippen LogP contribution in [0.25, 0.3) is 0 Å². The molecule has 0 radical (unpaired) electrons. The zero-order chi connectivity index (χ0) is 21.7. The van der Waals surface area contributed by atoms with Crippen molar-refractivity contribution in [3.05, 3.63) is 89.6 Å². The van der Waals surface area contributed by atoms with Gasteiger partial charge in [0.15, 0.2) is 0 Å². The number of hydrogen-bond donors (Lipinski definition) is 2. The normalized spacial score (nSPS) is 13.5. The van der Waals surface area contributed by atoms with Gasteiger partial charge in [-0.1, -0.05) is 30.3 Å². The summed E-state index contributed by atoms with van der Waals surface area (Å²) in [7, 11) is -3.53. The zero-order valence-electron chi connectivity index (χ0n) is 16.8. The minimum atomic E-state index is -3.53. The molecule has 31 heavy (non-hydrogen) atoms. The molecular formula is C23H23N3O4S. The van der Waals surface area contributed by atoms with Gasteiger partial charge in [-0.2, -0.15) is 0 Å². The van der Waals surface area contributed by atoms with E-state index in [1.54, 1.807) is 18.3 Å². The second-order valence-corrected chi connectivity index (χ2v) is 9.09. The van der Waals surface area contributed by atoms with Crippen LogP contribution in [0.1, 0.15) is 34.3 Å². The maximum atomic E-state index is 12.4. The fourth-order valence-corrected chi connectivity index (χ4v) is 4.23. The Morgan fingerprint density at radius 2 is 1.74 bits per heavy atom. The fraction of sp³-hybridized carbons (Fsp3) is 0.217. The predicted octanol–water partition coefficient (Wildman–Crippen LogP) is 3.03. The first-order chi connectivity index (χ1) is 15.0. The number of nitrogens with zero attached hydrogens (tertiary/aromatic N) is 1. The number of aromatic nitrogens is 1. The van der Waals surface area contributed by atoms with E-state index in [2.05, 4.69) is 15.0 Å². The highest BCUT2D eigenvalue weighted by Crippen LogP contribution is 2.22. The monoisotopic (exact) mass is 437 g/mol. The van der Waals surface area contributed by atoms with Crippen LogP contribution in [0.3, 0.4) is 0 Å². The van der Waals surface area contributed by atoms with Crippen molar-refractivity contribution >= 4 is 15.9 Å². The number of nitrogens with one attached hydrogen (secondary N) is 2. The molecule has 1 aliphatic rings. The minimum absolute atomic E-state index is 0.0369. The van der Waals surface area contributed by atoms with Gasteiger partial charge in [0.05, 0.1) is 4.90 Å². The van der Waals surface area contributed by atoms with Crippen molar-refractivity contribution in [1.29, 1.82) is 0 Å². The van der Waals surface area contributed by atoms with Crippen LogP contribution >= 0.6 is 0 Å². The number of amides is 1. The van der Waals surface area contributed by atoms with Crippen LogP contribution in [-0.2, 0) is 23.2 Å². The van der Waals surface area contributed by atoms with Gasteiger partial charge in [0.1, 0.15) is 6.61 Å². The summed E-state index contributed by atoms with van der Waals surface area (Å²) in [6.07, 6.45) is 3.37. The van der Waals surface area contributed by atoms with Crippen LogP contribution in [-0.4, -0.2) is 25.4 Å². The van der Waals surface area contributed by atoms with E-state index in [-0.39, 0.29) is 16.8 Å². The molecule has 8 heteroatoms. The van der Waals surface area contributed by atoms with Gasteiger partial charge in [0, 0.05) is 30.4 Å². The first kappa shape index (κ1) is 21.0. The Morgan fingerprint density at radius 3 is 2.45 bits per heavy atom. The Balaban J connectivity index is 1.32. The van der Waals surface area contributed by atoms with Gasteiger partial charge >= 0.3 is 0 Å². The summed E-state index contributed by atoms with van der Waals surface area (Å²) in [6.45, 7) is 0.709. The molecule has 160 valence electrons. The number of ether oxygens (including phenoxy) is 1. The van der Waals surface area contributed by atoms with Crippen molar-refractivity contribution < 1.29 is 17.9 Å². The van der Waals surface area contributed by atoms with Crippen LogP contribution in [0.5, 0.6) is 5.88 Å². The second-order valence-electron chi connectivity index (χ2n) is 7.38. The average Bonchev–Trinajstić information content (AvgIpc) is 3.60. The van der Waals surface area contributed by atoms with Crippen molar-refractivity contribution in [2.24, 2.45) is 0 Å². The molecule has 2 aromatic carbocycles. The summed E-state index contributed by atoms with van der Waals surface area (Å²) in [6, 6.07) is 19.3. The predicted molar refractivity (Wildman–Crippen MR) is 116 cm³/mol. The van der Waals surface area contributed by atoms with Crippen LogP contribution in [0.15, 0.2) is 77.8 Å². The maximum absolute atomic E-state index is 12.4. The zero-order valence-corrected chi connectivity index (χ0v) is 17.6. The Kier molecular flexibility index (Phi) is 6.29.